The summed E-state index contributed by atoms with van der Waals surface area (Å²) in [7, 11) is 0. The first-order chi connectivity index (χ1) is 9.16. The SMILES string of the molecule is Cc1ccc(OCCCN2CCCC2)cc1[N+](=O)[O-]. The van der Waals surface area contributed by atoms with Crippen LogP contribution in [0, 0.1) is 17.0 Å². The maximum Gasteiger partial charge on any atom is 0.275 e. The van der Waals surface area contributed by atoms with Crippen molar-refractivity contribution in [3.63, 3.8) is 0 Å². The van der Waals surface area contributed by atoms with E-state index in [2.05, 4.69) is 4.90 Å². The fourth-order valence-corrected chi connectivity index (χ4v) is 2.36. The Labute approximate surface area is 113 Å². The summed E-state index contributed by atoms with van der Waals surface area (Å²) in [4.78, 5) is 12.9. The lowest BCUT2D eigenvalue weighted by atomic mass is 10.2. The normalized spacial score (nSPS) is 15.6. The molecule has 2 rings (SSSR count). The van der Waals surface area contributed by atoms with Crippen molar-refractivity contribution in [3.8, 4) is 5.75 Å². The van der Waals surface area contributed by atoms with Crippen LogP contribution in [-0.2, 0) is 0 Å². The van der Waals surface area contributed by atoms with Crippen LogP contribution in [0.5, 0.6) is 5.75 Å². The molecule has 0 N–H and O–H groups in total. The molecule has 19 heavy (non-hydrogen) atoms. The summed E-state index contributed by atoms with van der Waals surface area (Å²) in [6, 6.07) is 5.03. The van der Waals surface area contributed by atoms with Crippen LogP contribution >= 0.6 is 0 Å². The van der Waals surface area contributed by atoms with E-state index < -0.39 is 0 Å². The highest BCUT2D eigenvalue weighted by atomic mass is 16.6. The topological polar surface area (TPSA) is 55.6 Å². The van der Waals surface area contributed by atoms with Gasteiger partial charge in [0.05, 0.1) is 17.6 Å². The van der Waals surface area contributed by atoms with Gasteiger partial charge in [0.2, 0.25) is 0 Å². The summed E-state index contributed by atoms with van der Waals surface area (Å²) in [6.45, 7) is 5.77. The zero-order valence-corrected chi connectivity index (χ0v) is 11.3. The lowest BCUT2D eigenvalue weighted by molar-refractivity contribution is -0.385. The zero-order chi connectivity index (χ0) is 13.7. The van der Waals surface area contributed by atoms with Crippen molar-refractivity contribution in [1.29, 1.82) is 0 Å². The minimum Gasteiger partial charge on any atom is -0.493 e. The van der Waals surface area contributed by atoms with E-state index in [1.54, 1.807) is 19.1 Å². The Kier molecular flexibility index (Phi) is 4.74. The van der Waals surface area contributed by atoms with E-state index in [4.69, 9.17) is 4.74 Å². The van der Waals surface area contributed by atoms with E-state index in [-0.39, 0.29) is 10.6 Å². The Hall–Kier alpha value is -1.62. The zero-order valence-electron chi connectivity index (χ0n) is 11.3. The number of hydrogen-bond donors (Lipinski definition) is 0. The van der Waals surface area contributed by atoms with Crippen LogP contribution in [0.1, 0.15) is 24.8 Å². The predicted molar refractivity (Wildman–Crippen MR) is 73.6 cm³/mol. The molecule has 0 amide bonds. The molecule has 0 radical (unpaired) electrons. The quantitative estimate of drug-likeness (QED) is 0.450. The van der Waals surface area contributed by atoms with Crippen molar-refractivity contribution < 1.29 is 9.66 Å². The van der Waals surface area contributed by atoms with Crippen LogP contribution in [0.15, 0.2) is 18.2 Å². The summed E-state index contributed by atoms with van der Waals surface area (Å²) in [6.07, 6.45) is 3.55. The molecule has 1 aliphatic rings. The van der Waals surface area contributed by atoms with E-state index in [1.807, 2.05) is 0 Å². The van der Waals surface area contributed by atoms with Gasteiger partial charge in [0, 0.05) is 12.1 Å². The maximum atomic E-state index is 10.8. The van der Waals surface area contributed by atoms with E-state index in [9.17, 15) is 10.1 Å². The molecule has 0 bridgehead atoms. The van der Waals surface area contributed by atoms with E-state index in [0.29, 0.717) is 17.9 Å². The molecule has 1 fully saturated rings. The second-order valence-corrected chi connectivity index (χ2v) is 4.96. The Morgan fingerprint density at radius 3 is 2.79 bits per heavy atom. The smallest absolute Gasteiger partial charge is 0.275 e. The highest BCUT2D eigenvalue weighted by molar-refractivity contribution is 5.45. The van der Waals surface area contributed by atoms with Crippen LogP contribution in [0.25, 0.3) is 0 Å². The molecule has 104 valence electrons. The van der Waals surface area contributed by atoms with E-state index in [1.165, 1.54) is 32.0 Å². The molecule has 0 aliphatic carbocycles. The van der Waals surface area contributed by atoms with Crippen molar-refractivity contribution in [2.45, 2.75) is 26.2 Å². The average Bonchev–Trinajstić information content (AvgIpc) is 2.89. The molecule has 1 aromatic rings. The molecule has 5 nitrogen and oxygen atoms in total. The van der Waals surface area contributed by atoms with Crippen molar-refractivity contribution in [2.24, 2.45) is 0 Å². The third kappa shape index (κ3) is 3.92. The van der Waals surface area contributed by atoms with Crippen LogP contribution in [-0.4, -0.2) is 36.1 Å². The number of nitrogens with zero attached hydrogens (tertiary/aromatic N) is 2. The highest BCUT2D eigenvalue weighted by Crippen LogP contribution is 2.23. The van der Waals surface area contributed by atoms with Gasteiger partial charge in [-0.15, -0.1) is 0 Å². The molecule has 0 saturated carbocycles. The van der Waals surface area contributed by atoms with Gasteiger partial charge in [-0.1, -0.05) is 0 Å². The standard InChI is InChI=1S/C14H20N2O3/c1-12-5-6-13(11-14(12)16(17)18)19-10-4-9-15-7-2-3-8-15/h5-6,11H,2-4,7-10H2,1H3. The second kappa shape index (κ2) is 6.52. The first kappa shape index (κ1) is 13.8. The Morgan fingerprint density at radius 2 is 2.11 bits per heavy atom. The van der Waals surface area contributed by atoms with Gasteiger partial charge >= 0.3 is 0 Å². The number of nitro benzene ring substituents is 1. The van der Waals surface area contributed by atoms with Gasteiger partial charge in [0.15, 0.2) is 0 Å². The van der Waals surface area contributed by atoms with Gasteiger partial charge in [-0.25, -0.2) is 0 Å². The predicted octanol–water partition coefficient (Wildman–Crippen LogP) is 2.77. The van der Waals surface area contributed by atoms with Gasteiger partial charge in [-0.2, -0.15) is 0 Å². The van der Waals surface area contributed by atoms with Gasteiger partial charge in [0.25, 0.3) is 5.69 Å². The van der Waals surface area contributed by atoms with Crippen LogP contribution < -0.4 is 4.74 Å². The number of ether oxygens (including phenoxy) is 1. The molecule has 1 aromatic carbocycles. The van der Waals surface area contributed by atoms with Crippen molar-refractivity contribution >= 4 is 5.69 Å². The van der Waals surface area contributed by atoms with Gasteiger partial charge in [-0.3, -0.25) is 10.1 Å². The molecule has 1 saturated heterocycles. The van der Waals surface area contributed by atoms with Crippen molar-refractivity contribution in [2.75, 3.05) is 26.2 Å². The Balaban J connectivity index is 1.79. The number of aryl methyl sites for hydroxylation is 1. The number of likely N-dealkylation sites (tertiary alicyclic amines) is 1. The van der Waals surface area contributed by atoms with Gasteiger partial charge in [-0.05, 0) is 51.4 Å². The summed E-state index contributed by atoms with van der Waals surface area (Å²) in [5, 5.41) is 10.8. The molecular formula is C14H20N2O3. The molecule has 1 aliphatic heterocycles. The minimum atomic E-state index is -0.369. The first-order valence-electron chi connectivity index (χ1n) is 6.77. The number of benzene rings is 1. The van der Waals surface area contributed by atoms with Crippen molar-refractivity contribution in [1.82, 2.24) is 4.90 Å². The maximum absolute atomic E-state index is 10.8. The molecule has 5 heteroatoms. The molecule has 0 spiro atoms. The third-order valence-electron chi connectivity index (χ3n) is 3.46. The molecule has 0 unspecified atom stereocenters. The van der Waals surface area contributed by atoms with Gasteiger partial charge < -0.3 is 9.64 Å². The lowest BCUT2D eigenvalue weighted by Crippen LogP contribution is -2.21. The minimum absolute atomic E-state index is 0.122. The van der Waals surface area contributed by atoms with E-state index in [0.717, 1.165) is 13.0 Å². The number of nitro groups is 1. The monoisotopic (exact) mass is 264 g/mol. The molecule has 1 heterocycles. The summed E-state index contributed by atoms with van der Waals surface area (Å²) in [5.41, 5.74) is 0.784. The summed E-state index contributed by atoms with van der Waals surface area (Å²) >= 11 is 0. The lowest BCUT2D eigenvalue weighted by Gasteiger charge is -2.14. The molecule has 0 atom stereocenters. The molecule has 0 aromatic heterocycles. The third-order valence-corrected chi connectivity index (χ3v) is 3.46. The summed E-state index contributed by atoms with van der Waals surface area (Å²) < 4.78 is 5.58. The Morgan fingerprint density at radius 1 is 1.37 bits per heavy atom. The average molecular weight is 264 g/mol. The number of rotatable bonds is 6. The van der Waals surface area contributed by atoms with Crippen molar-refractivity contribution in [3.05, 3.63) is 33.9 Å². The highest BCUT2D eigenvalue weighted by Gasteiger charge is 2.12. The molecular weight excluding hydrogens is 244 g/mol. The van der Waals surface area contributed by atoms with Crippen LogP contribution in [0.3, 0.4) is 0 Å². The first-order valence-corrected chi connectivity index (χ1v) is 6.77. The fourth-order valence-electron chi connectivity index (χ4n) is 2.36. The Bertz CT molecular complexity index is 442. The second-order valence-electron chi connectivity index (χ2n) is 4.96. The fraction of sp³-hybridized carbons (Fsp3) is 0.571. The van der Waals surface area contributed by atoms with Gasteiger partial charge in [0.1, 0.15) is 5.75 Å². The van der Waals surface area contributed by atoms with E-state index >= 15 is 0 Å². The largest absolute Gasteiger partial charge is 0.493 e. The van der Waals surface area contributed by atoms with Crippen LogP contribution in [0.4, 0.5) is 5.69 Å². The number of hydrogen-bond acceptors (Lipinski definition) is 4. The van der Waals surface area contributed by atoms with Crippen LogP contribution in [0.2, 0.25) is 0 Å². The summed E-state index contributed by atoms with van der Waals surface area (Å²) in [5.74, 6) is 0.582.